The second-order valence-electron chi connectivity index (χ2n) is 5.52. The molecule has 0 N–H and O–H groups in total. The van der Waals surface area contributed by atoms with Crippen molar-refractivity contribution in [2.75, 3.05) is 12.0 Å². The molecule has 0 amide bonds. The third-order valence-electron chi connectivity index (χ3n) is 3.73. The quantitative estimate of drug-likeness (QED) is 0.696. The molecule has 23 heavy (non-hydrogen) atoms. The van der Waals surface area contributed by atoms with Crippen LogP contribution in [0.25, 0.3) is 0 Å². The highest BCUT2D eigenvalue weighted by molar-refractivity contribution is 5.52. The number of aromatic nitrogens is 2. The zero-order chi connectivity index (χ0) is 16.1. The van der Waals surface area contributed by atoms with E-state index in [1.807, 2.05) is 25.4 Å². The lowest BCUT2D eigenvalue weighted by Crippen LogP contribution is -2.23. The topological polar surface area (TPSA) is 30.3 Å². The molecule has 4 nitrogen and oxygen atoms in total. The summed E-state index contributed by atoms with van der Waals surface area (Å²) < 4.78 is 7.29. The first-order valence-corrected chi connectivity index (χ1v) is 7.66. The van der Waals surface area contributed by atoms with Crippen LogP contribution >= 0.6 is 0 Å². The first kappa shape index (κ1) is 15.2. The van der Waals surface area contributed by atoms with Crippen LogP contribution in [0.1, 0.15) is 11.1 Å². The van der Waals surface area contributed by atoms with Gasteiger partial charge in [0.15, 0.2) is 11.6 Å². The largest absolute Gasteiger partial charge is 0.491 e. The van der Waals surface area contributed by atoms with E-state index in [4.69, 9.17) is 4.74 Å². The fourth-order valence-electron chi connectivity index (χ4n) is 2.63. The highest BCUT2D eigenvalue weighted by Gasteiger charge is 2.17. The van der Waals surface area contributed by atoms with Crippen LogP contribution in [0.3, 0.4) is 0 Å². The lowest BCUT2D eigenvalue weighted by molar-refractivity contribution is 0.413. The lowest BCUT2D eigenvalue weighted by atomic mass is 10.1. The molecule has 0 aliphatic rings. The molecule has 4 heteroatoms. The number of rotatable bonds is 6. The maximum Gasteiger partial charge on any atom is 0.193 e. The highest BCUT2D eigenvalue weighted by atomic mass is 16.5. The number of hydrogen-bond acceptors (Lipinski definition) is 3. The maximum atomic E-state index is 5.50. The number of nitrogens with zero attached hydrogens (tertiary/aromatic N) is 3. The van der Waals surface area contributed by atoms with Crippen molar-refractivity contribution in [3.8, 4) is 5.75 Å². The van der Waals surface area contributed by atoms with Gasteiger partial charge >= 0.3 is 0 Å². The molecule has 1 aromatic heterocycles. The molecule has 2 aromatic carbocycles. The smallest absolute Gasteiger partial charge is 0.193 e. The Labute approximate surface area is 136 Å². The van der Waals surface area contributed by atoms with Gasteiger partial charge in [0.2, 0.25) is 0 Å². The summed E-state index contributed by atoms with van der Waals surface area (Å²) in [5.41, 5.74) is 2.49. The molecule has 0 unspecified atom stereocenters. The molecule has 3 rings (SSSR count). The van der Waals surface area contributed by atoms with Gasteiger partial charge in [0.05, 0.1) is 13.3 Å². The SMILES string of the molecule is COc1cn(C)nc1N(Cc1ccccc1)Cc1ccccc1. The van der Waals surface area contributed by atoms with Crippen LogP contribution in [0.5, 0.6) is 5.75 Å². The van der Waals surface area contributed by atoms with E-state index < -0.39 is 0 Å². The summed E-state index contributed by atoms with van der Waals surface area (Å²) >= 11 is 0. The molecule has 0 bridgehead atoms. The summed E-state index contributed by atoms with van der Waals surface area (Å²) in [5, 5.41) is 4.59. The summed E-state index contributed by atoms with van der Waals surface area (Å²) in [6, 6.07) is 20.8. The molecule has 0 radical (unpaired) electrons. The second kappa shape index (κ2) is 7.01. The van der Waals surface area contributed by atoms with E-state index >= 15 is 0 Å². The molecule has 3 aromatic rings. The molecule has 118 valence electrons. The maximum absolute atomic E-state index is 5.50. The molecule has 0 saturated heterocycles. The Morgan fingerprint density at radius 2 is 1.43 bits per heavy atom. The Balaban J connectivity index is 1.92. The number of methoxy groups -OCH3 is 1. The van der Waals surface area contributed by atoms with Crippen LogP contribution in [-0.2, 0) is 20.1 Å². The van der Waals surface area contributed by atoms with Crippen LogP contribution in [0.15, 0.2) is 66.9 Å². The van der Waals surface area contributed by atoms with E-state index in [1.165, 1.54) is 11.1 Å². The Morgan fingerprint density at radius 1 is 0.913 bits per heavy atom. The third kappa shape index (κ3) is 3.72. The molecular weight excluding hydrogens is 286 g/mol. The van der Waals surface area contributed by atoms with Gasteiger partial charge in [-0.2, -0.15) is 5.10 Å². The molecule has 1 heterocycles. The van der Waals surface area contributed by atoms with Crippen molar-refractivity contribution in [1.82, 2.24) is 9.78 Å². The van der Waals surface area contributed by atoms with Gasteiger partial charge < -0.3 is 9.64 Å². The minimum Gasteiger partial charge on any atom is -0.491 e. The van der Waals surface area contributed by atoms with Gasteiger partial charge in [0.1, 0.15) is 0 Å². The summed E-state index contributed by atoms with van der Waals surface area (Å²) in [6.45, 7) is 1.56. The van der Waals surface area contributed by atoms with Gasteiger partial charge in [-0.3, -0.25) is 4.68 Å². The average molecular weight is 307 g/mol. The Kier molecular flexibility index (Phi) is 4.62. The van der Waals surface area contributed by atoms with E-state index in [9.17, 15) is 0 Å². The fourth-order valence-corrected chi connectivity index (χ4v) is 2.63. The number of anilines is 1. The normalized spacial score (nSPS) is 10.5. The van der Waals surface area contributed by atoms with Gasteiger partial charge in [-0.15, -0.1) is 0 Å². The molecular formula is C19H21N3O. The summed E-state index contributed by atoms with van der Waals surface area (Å²) in [6.07, 6.45) is 1.90. The van der Waals surface area contributed by atoms with Crippen molar-refractivity contribution in [2.24, 2.45) is 7.05 Å². The zero-order valence-electron chi connectivity index (χ0n) is 13.5. The standard InChI is InChI=1S/C19H21N3O/c1-21-15-18(23-2)19(20-21)22(13-16-9-5-3-6-10-16)14-17-11-7-4-8-12-17/h3-12,15H,13-14H2,1-2H3. The van der Waals surface area contributed by atoms with Gasteiger partial charge in [-0.1, -0.05) is 60.7 Å². The molecule has 0 aliphatic carbocycles. The number of hydrogen-bond donors (Lipinski definition) is 0. The van der Waals surface area contributed by atoms with Crippen molar-refractivity contribution in [3.05, 3.63) is 78.0 Å². The van der Waals surface area contributed by atoms with E-state index in [-0.39, 0.29) is 0 Å². The summed E-state index contributed by atoms with van der Waals surface area (Å²) in [5.74, 6) is 1.65. The molecule has 0 spiro atoms. The van der Waals surface area contributed by atoms with Crippen molar-refractivity contribution < 1.29 is 4.74 Å². The minimum atomic E-state index is 0.781. The molecule has 0 atom stereocenters. The van der Waals surface area contributed by atoms with Crippen LogP contribution in [0.2, 0.25) is 0 Å². The highest BCUT2D eigenvalue weighted by Crippen LogP contribution is 2.28. The van der Waals surface area contributed by atoms with E-state index in [0.717, 1.165) is 24.7 Å². The van der Waals surface area contributed by atoms with Crippen molar-refractivity contribution in [2.45, 2.75) is 13.1 Å². The number of ether oxygens (including phenoxy) is 1. The first-order valence-electron chi connectivity index (χ1n) is 7.66. The van der Waals surface area contributed by atoms with Crippen molar-refractivity contribution in [1.29, 1.82) is 0 Å². The van der Waals surface area contributed by atoms with Gasteiger partial charge in [-0.05, 0) is 11.1 Å². The summed E-state index contributed by atoms with van der Waals surface area (Å²) in [7, 11) is 3.60. The van der Waals surface area contributed by atoms with Gasteiger partial charge in [0, 0.05) is 20.1 Å². The predicted molar refractivity (Wildman–Crippen MR) is 92.5 cm³/mol. The number of benzene rings is 2. The van der Waals surface area contributed by atoms with Crippen LogP contribution in [0.4, 0.5) is 5.82 Å². The first-order chi connectivity index (χ1) is 11.3. The zero-order valence-corrected chi connectivity index (χ0v) is 13.5. The Hall–Kier alpha value is -2.75. The van der Waals surface area contributed by atoms with Crippen molar-refractivity contribution in [3.63, 3.8) is 0 Å². The molecule has 0 saturated carbocycles. The van der Waals surface area contributed by atoms with Crippen LogP contribution in [-0.4, -0.2) is 16.9 Å². The van der Waals surface area contributed by atoms with Crippen molar-refractivity contribution >= 4 is 5.82 Å². The molecule has 0 aliphatic heterocycles. The van der Waals surface area contributed by atoms with E-state index in [2.05, 4.69) is 58.5 Å². The van der Waals surface area contributed by atoms with Crippen LogP contribution in [0, 0.1) is 0 Å². The number of aryl methyl sites for hydroxylation is 1. The predicted octanol–water partition coefficient (Wildman–Crippen LogP) is 3.64. The average Bonchev–Trinajstić information content (AvgIpc) is 2.97. The Morgan fingerprint density at radius 3 is 1.91 bits per heavy atom. The fraction of sp³-hybridized carbons (Fsp3) is 0.211. The minimum absolute atomic E-state index is 0.781. The monoisotopic (exact) mass is 307 g/mol. The molecule has 0 fully saturated rings. The second-order valence-corrected chi connectivity index (χ2v) is 5.52. The third-order valence-corrected chi connectivity index (χ3v) is 3.73. The Bertz CT molecular complexity index is 696. The van der Waals surface area contributed by atoms with Gasteiger partial charge in [-0.25, -0.2) is 0 Å². The summed E-state index contributed by atoms with van der Waals surface area (Å²) in [4.78, 5) is 2.24. The van der Waals surface area contributed by atoms with E-state index in [0.29, 0.717) is 0 Å². The van der Waals surface area contributed by atoms with E-state index in [1.54, 1.807) is 11.8 Å². The van der Waals surface area contributed by atoms with Gasteiger partial charge in [0.25, 0.3) is 0 Å². The van der Waals surface area contributed by atoms with Crippen LogP contribution < -0.4 is 9.64 Å². The lowest BCUT2D eigenvalue weighted by Gasteiger charge is -2.23.